The van der Waals surface area contributed by atoms with Gasteiger partial charge in [0.25, 0.3) is 0 Å². The predicted molar refractivity (Wildman–Crippen MR) is 12.9 cm³/mol. The molecule has 0 saturated carbocycles. The van der Waals surface area contributed by atoms with Gasteiger partial charge >= 0.3 is 40.9 Å². The number of carboxylic acid groups (broad SMARTS) is 1. The molecule has 0 bridgehead atoms. The minimum atomic E-state index is -1.08. The van der Waals surface area contributed by atoms with Crippen LogP contribution in [0.4, 0.5) is 0 Å². The number of rotatable bonds is 0. The van der Waals surface area contributed by atoms with E-state index in [0.717, 1.165) is 6.92 Å². The van der Waals surface area contributed by atoms with E-state index >= 15 is 0 Å². The fourth-order valence-electron chi connectivity index (χ4n) is 0. The second-order valence-electron chi connectivity index (χ2n) is 0.561. The Balaban J connectivity index is -0.0000000575. The van der Waals surface area contributed by atoms with Crippen molar-refractivity contribution >= 4 is 5.97 Å². The maximum Gasteiger partial charge on any atom is 1.00 e. The number of carboxylic acids is 1. The Morgan fingerprint density at radius 1 is 1.75 bits per heavy atom. The molecule has 44 valence electrons. The fraction of sp³-hybridized carbons (Fsp3) is 0.500. The van der Waals surface area contributed by atoms with E-state index in [1.54, 1.807) is 0 Å². The van der Waals surface area contributed by atoms with Crippen molar-refractivity contribution < 1.29 is 60.1 Å². The Labute approximate surface area is 72.9 Å². The van der Waals surface area contributed by atoms with Crippen molar-refractivity contribution in [2.45, 2.75) is 6.92 Å². The van der Waals surface area contributed by atoms with Crippen molar-refractivity contribution in [1.29, 1.82) is 0 Å². The molecule has 0 unspecified atom stereocenters. The van der Waals surface area contributed by atoms with E-state index in [-0.39, 0.29) is 40.9 Å². The Bertz CT molecular complexity index is 45.3. The average Bonchev–Trinajstić information content (AvgIpc) is 1.33. The van der Waals surface area contributed by atoms with Gasteiger partial charge in [0, 0.05) is 5.97 Å². The molecule has 1 N–H and O–H groups in total. The Morgan fingerprint density at radius 3 is 1.75 bits per heavy atom. The number of halogens is 1. The smallest absolute Gasteiger partial charge is 0.550 e. The number of hydrogen-bond donors (Lipinski definition) is 1. The molecule has 0 aliphatic carbocycles. The monoisotopic (exact) mass is 150 g/mol. The van der Waals surface area contributed by atoms with Gasteiger partial charge in [0.2, 0.25) is 0 Å². The molecule has 0 fully saturated rings. The van der Waals surface area contributed by atoms with E-state index < -0.39 is 5.97 Å². The van der Waals surface area contributed by atoms with Crippen LogP contribution in [-0.4, -0.2) is 10.6 Å². The number of hydrogen-bond acceptors (Lipinski definition) is 4. The second-order valence-corrected chi connectivity index (χ2v) is 0.699. The molecule has 4 nitrogen and oxygen atoms in total. The van der Waals surface area contributed by atoms with Crippen molar-refractivity contribution in [3.63, 3.8) is 0 Å². The topological polar surface area (TPSA) is 83.4 Å². The van der Waals surface area contributed by atoms with Gasteiger partial charge in [-0.3, -0.25) is 0 Å². The van der Waals surface area contributed by atoms with E-state index in [1.807, 2.05) is 0 Å². The van der Waals surface area contributed by atoms with E-state index in [1.165, 1.54) is 0 Å². The molecule has 8 heavy (non-hydrogen) atoms. The quantitative estimate of drug-likeness (QED) is 0.349. The van der Waals surface area contributed by atoms with Crippen LogP contribution in [0, 0.1) is 11.3 Å². The largest absolute Gasteiger partial charge is 1.00 e. The summed E-state index contributed by atoms with van der Waals surface area (Å²) in [5.74, 6) is -1.08. The molecule has 0 aliphatic heterocycles. The first-order valence-corrected chi connectivity index (χ1v) is 1.88. The van der Waals surface area contributed by atoms with Crippen LogP contribution in [0.3, 0.4) is 0 Å². The van der Waals surface area contributed by atoms with Crippen LogP contribution in [0.25, 0.3) is 0 Å². The minimum Gasteiger partial charge on any atom is -0.550 e. The molecule has 0 aromatic carbocycles. The Kier molecular flexibility index (Phi) is 31.0. The molecule has 0 aliphatic rings. The standard InChI is InChI=1S/C2H4O2.ClHO2.Na/c1-2(3)4;2-1-3;/h1H3,(H,3,4);2H;/q;;+1/p-1. The molecule has 0 aromatic rings. The molecule has 6 heteroatoms. The summed E-state index contributed by atoms with van der Waals surface area (Å²) in [4.78, 5) is 8.89. The number of aliphatic carboxylic acids is 1. The second kappa shape index (κ2) is 15.6. The molecule has 0 spiro atoms. The molecule has 0 heterocycles. The third kappa shape index (κ3) is 466. The number of carbonyl (C=O) groups is 1. The number of carbonyl (C=O) groups excluding carboxylic acids is 1. The Morgan fingerprint density at radius 2 is 1.75 bits per heavy atom. The first-order valence-electron chi connectivity index (χ1n) is 1.23. The van der Waals surface area contributed by atoms with Gasteiger partial charge in [-0.2, -0.15) is 0 Å². The molecule has 0 rings (SSSR count). The summed E-state index contributed by atoms with van der Waals surface area (Å²) in [6.07, 6.45) is 0. The van der Waals surface area contributed by atoms with Crippen molar-refractivity contribution in [2.24, 2.45) is 0 Å². The van der Waals surface area contributed by atoms with Gasteiger partial charge < -0.3 is 14.6 Å². The summed E-state index contributed by atoms with van der Waals surface area (Å²) in [6.45, 7) is 0.972. The maximum atomic E-state index is 8.89. The third-order valence-electron chi connectivity index (χ3n) is 0. The van der Waals surface area contributed by atoms with Gasteiger partial charge in [-0.25, -0.2) is 0 Å². The van der Waals surface area contributed by atoms with Gasteiger partial charge in [-0.15, -0.1) is 4.66 Å². The van der Waals surface area contributed by atoms with Crippen molar-refractivity contribution in [3.05, 3.63) is 0 Å². The van der Waals surface area contributed by atoms with Gasteiger partial charge in [0.1, 0.15) is 0 Å². The normalized spacial score (nSPS) is 5.38. The molecule has 0 atom stereocenters. The van der Waals surface area contributed by atoms with Crippen LogP contribution in [-0.2, 0) is 4.79 Å². The van der Waals surface area contributed by atoms with Crippen LogP contribution in [0.2, 0.25) is 0 Å². The molecule has 0 aromatic heterocycles. The summed E-state index contributed by atoms with van der Waals surface area (Å²) < 4.78 is 15.2. The van der Waals surface area contributed by atoms with Crippen LogP contribution < -0.4 is 39.3 Å². The first-order chi connectivity index (χ1) is 3.15. The first kappa shape index (κ1) is 15.9. The summed E-state index contributed by atoms with van der Waals surface area (Å²) >= 11 is -0.167. The SMILES string of the molecule is CC(=O)[O-].[Na+].[O-][Cl+]O. The zero-order valence-corrected chi connectivity index (χ0v) is 7.31. The van der Waals surface area contributed by atoms with E-state index in [9.17, 15) is 0 Å². The zero-order valence-electron chi connectivity index (χ0n) is 4.55. The molecule has 0 saturated heterocycles. The molecular formula is C2H4ClNaO4. The Hall–Kier alpha value is 0.680. The summed E-state index contributed by atoms with van der Waals surface area (Å²) in [7, 11) is 0. The van der Waals surface area contributed by atoms with Crippen LogP contribution in [0.15, 0.2) is 0 Å². The molecular weight excluding hydrogens is 146 g/mol. The van der Waals surface area contributed by atoms with Gasteiger partial charge in [-0.05, 0) is 6.92 Å². The molecule has 0 amide bonds. The van der Waals surface area contributed by atoms with E-state index in [0.29, 0.717) is 0 Å². The minimum absolute atomic E-state index is 0. The van der Waals surface area contributed by atoms with E-state index in [4.69, 9.17) is 19.2 Å². The maximum absolute atomic E-state index is 8.89. The van der Waals surface area contributed by atoms with Gasteiger partial charge in [0.05, 0.1) is 0 Å². The molecule has 0 radical (unpaired) electrons. The predicted octanol–water partition coefficient (Wildman–Crippen LogP) is -5.99. The summed E-state index contributed by atoms with van der Waals surface area (Å²) in [5, 5.41) is 8.89. The van der Waals surface area contributed by atoms with Crippen molar-refractivity contribution in [1.82, 2.24) is 0 Å². The summed E-state index contributed by atoms with van der Waals surface area (Å²) in [5.41, 5.74) is 0. The third-order valence-corrected chi connectivity index (χ3v) is 0. The average molecular weight is 150 g/mol. The fourth-order valence-corrected chi connectivity index (χ4v) is 0. The van der Waals surface area contributed by atoms with Crippen molar-refractivity contribution in [2.75, 3.05) is 0 Å². The zero-order chi connectivity index (χ0) is 6.28. The van der Waals surface area contributed by atoms with Gasteiger partial charge in [-0.1, -0.05) is 0 Å². The van der Waals surface area contributed by atoms with E-state index in [2.05, 4.69) is 0 Å². The van der Waals surface area contributed by atoms with Crippen LogP contribution in [0.5, 0.6) is 0 Å². The van der Waals surface area contributed by atoms with Gasteiger partial charge in [0.15, 0.2) is 0 Å². The summed E-state index contributed by atoms with van der Waals surface area (Å²) in [6, 6.07) is 0. The van der Waals surface area contributed by atoms with Crippen molar-refractivity contribution in [3.8, 4) is 0 Å². The van der Waals surface area contributed by atoms with Crippen LogP contribution >= 0.6 is 0 Å². The van der Waals surface area contributed by atoms with Crippen LogP contribution in [0.1, 0.15) is 6.92 Å².